The predicted molar refractivity (Wildman–Crippen MR) is 550 cm³/mol. The minimum Gasteiger partial charge on any atom is -0.508 e. The minimum atomic E-state index is -1.93. The summed E-state index contributed by atoms with van der Waals surface area (Å²) in [4.78, 5) is 218. The van der Waals surface area contributed by atoms with Crippen molar-refractivity contribution in [1.82, 2.24) is 73.4 Å². The van der Waals surface area contributed by atoms with Gasteiger partial charge in [-0.2, -0.15) is 23.5 Å². The maximum Gasteiger partial charge on any atom is 0.326 e. The van der Waals surface area contributed by atoms with Crippen molar-refractivity contribution in [3.05, 3.63) is 137 Å². The summed E-state index contributed by atoms with van der Waals surface area (Å²) in [5.41, 5.74) is 13.9. The maximum atomic E-state index is 15.6. The van der Waals surface area contributed by atoms with Gasteiger partial charge in [0.05, 0.1) is 51.8 Å². The van der Waals surface area contributed by atoms with E-state index in [4.69, 9.17) is 30.4 Å². The molecule has 8 rings (SSSR count). The Morgan fingerprint density at radius 1 is 0.562 bits per heavy atom. The van der Waals surface area contributed by atoms with Crippen LogP contribution in [0.15, 0.2) is 97.3 Å². The Hall–Kier alpha value is -11.7. The number of thioether (sulfide) groups is 2. The Bertz CT molecular complexity index is 5210. The number of aromatic hydroxyl groups is 1. The van der Waals surface area contributed by atoms with E-state index in [9.17, 15) is 63.3 Å². The predicted octanol–water partition coefficient (Wildman–Crippen LogP) is 7.01. The number of H-pyrrole nitrogens is 2. The van der Waals surface area contributed by atoms with Crippen LogP contribution in [-0.2, 0) is 122 Å². The molecule has 2 aromatic heterocycles. The summed E-state index contributed by atoms with van der Waals surface area (Å²) in [7, 11) is 0. The number of Topliss-reactive ketones (excluding diaryl/α,β-unsaturated/α-hetero) is 1. The number of phenolic OH excluding ortho intramolecular Hbond substituents is 1. The number of amides is 13. The number of carboxylic acid groups (broad SMARTS) is 1. The van der Waals surface area contributed by atoms with Gasteiger partial charge in [0.25, 0.3) is 0 Å². The van der Waals surface area contributed by atoms with Gasteiger partial charge in [0, 0.05) is 128 Å². The van der Waals surface area contributed by atoms with Gasteiger partial charge in [0.15, 0.2) is 5.78 Å². The van der Waals surface area contributed by atoms with E-state index >= 15 is 32.8 Å². The molecule has 0 unspecified atom stereocenters. The molecule has 0 aliphatic carbocycles. The van der Waals surface area contributed by atoms with Crippen molar-refractivity contribution in [2.75, 3.05) is 97.1 Å². The zero-order chi connectivity index (χ0) is 106. The van der Waals surface area contributed by atoms with Gasteiger partial charge in [-0.25, -0.2) is 13.6 Å². The minimum absolute atomic E-state index is 0.000338. The van der Waals surface area contributed by atoms with Gasteiger partial charge in [-0.3, -0.25) is 67.1 Å². The number of aromatic nitrogens is 2. The fraction of sp³-hybridized carbons (Fsp3) is 0.587. The lowest BCUT2D eigenvalue weighted by Gasteiger charge is -2.37. The molecular weight excluding hydrogens is 1930 g/mol. The number of benzene rings is 4. The number of ether oxygens (including phenoxy) is 4. The third kappa shape index (κ3) is 42.7. The van der Waals surface area contributed by atoms with Crippen molar-refractivity contribution in [1.29, 1.82) is 0 Å². The SMILES string of the molecule is CCCCCCCCCCCCCCCC(=O)N[C@@H](CCC(=O)NCCOCCOCC(=O)NCCOCCOCC(=O)NCCCC[C@@H]1NC(=O)[C@H](Cc2c[nH]c3ccc(F)cc23)NC(=O)[C@H](Cc2c[nH]c3ccc(F)cc23)CC(=O)[C@@H](C)NC(=O)[C@H](CCCCN)NC(=O)CCSCc2cccc(c2)CSC[C@@H](C(N)=O)NC(=O)[C@]2(C)CCCN2C(=O)[C@H](Cc2ccc(O)cc2)NC(=O)[C@H]([C@@H](C)O)NC1=O)C(=O)O. The van der Waals surface area contributed by atoms with Gasteiger partial charge in [-0.05, 0) is 174 Å². The fourth-order valence-electron chi connectivity index (χ4n) is 17.2. The molecule has 0 radical (unpaired) electrons. The van der Waals surface area contributed by atoms with Crippen molar-refractivity contribution >= 4 is 134 Å². The molecule has 38 nitrogen and oxygen atoms in total. The number of nitrogens with one attached hydrogen (secondary N) is 13. The van der Waals surface area contributed by atoms with Crippen LogP contribution in [0.3, 0.4) is 0 Å². The molecule has 1 fully saturated rings. The number of aliphatic hydroxyl groups excluding tert-OH is 1. The number of ketones is 1. The Labute approximate surface area is 859 Å². The molecule has 20 N–H and O–H groups in total. The zero-order valence-corrected chi connectivity index (χ0v) is 85.9. The quantitative estimate of drug-likeness (QED) is 0.0171. The zero-order valence-electron chi connectivity index (χ0n) is 84.3. The number of unbranched alkanes of at least 4 members (excludes halogenated alkanes) is 14. The summed E-state index contributed by atoms with van der Waals surface area (Å²) in [6, 6.07) is 9.31. The van der Waals surface area contributed by atoms with Gasteiger partial charge >= 0.3 is 5.97 Å². The van der Waals surface area contributed by atoms with E-state index in [0.717, 1.165) is 30.4 Å². The highest BCUT2D eigenvalue weighted by atomic mass is 32.2. The number of halogens is 2. The van der Waals surface area contributed by atoms with Gasteiger partial charge in [0.1, 0.15) is 78.4 Å². The van der Waals surface area contributed by atoms with E-state index in [1.165, 1.54) is 180 Å². The maximum absolute atomic E-state index is 15.6. The number of phenols is 1. The largest absolute Gasteiger partial charge is 0.508 e. The number of carbonyl (C=O) groups is 15. The molecule has 2 bridgehead atoms. The standard InChI is InChI=1S/C104H150F2N16O22S2/c1-5-6-7-8-9-10-11-12-13-14-15-16-17-28-90(127)116-84(102(138)139)37-38-89(126)110-43-46-141-48-51-144-63-93(130)111-44-47-142-49-50-143-62-92(129)109-42-21-19-27-83-98(134)121-94(68(3)123)100(136)119-86(54-69-29-33-77(124)34-30-69)101(137)122-45-23-40-104(122,4)103(140)120-87(95(108)131)66-146-65-71-25-22-24-70(53-71)64-145-52-39-91(128)115-82(26-18-20-41-107)97(133)114-67(2)88(125)57-72(55-73-60-112-80-35-31-75(105)58-78(73)80)96(132)118-85(99(135)117-83)56-74-61-113-81-36-32-76(106)59-79(74)81/h22,24-25,29-36,53,58-61,67-68,72,82-87,94,112-113,123-124H,5-21,23,26-28,37-52,54-57,62-66,107H2,1-4H3,(H2,108,131)(H,109,129)(H,110,126)(H,111,130)(H,114,133)(H,115,128)(H,116,127)(H,117,135)(H,118,132)(H,119,136)(H,120,140)(H,121,134)(H,138,139)/t67-,68-,72-,82+,83+,84+,85+,86+,87+,94+,104+/m1/s1. The van der Waals surface area contributed by atoms with Crippen LogP contribution in [0.1, 0.15) is 222 Å². The summed E-state index contributed by atoms with van der Waals surface area (Å²) in [6.07, 6.45) is 16.0. The first-order valence-electron chi connectivity index (χ1n) is 51.0. The molecule has 1 saturated heterocycles. The molecule has 6 aromatic rings. The Morgan fingerprint density at radius 2 is 1.10 bits per heavy atom. The fourth-order valence-corrected chi connectivity index (χ4v) is 19.2. The number of aliphatic hydroxyl groups is 1. The van der Waals surface area contributed by atoms with Gasteiger partial charge in [-0.15, -0.1) is 0 Å². The molecule has 146 heavy (non-hydrogen) atoms. The highest BCUT2D eigenvalue weighted by Gasteiger charge is 2.49. The van der Waals surface area contributed by atoms with Gasteiger partial charge in [-0.1, -0.05) is 120 Å². The normalized spacial score (nSPS) is 20.2. The van der Waals surface area contributed by atoms with E-state index in [0.29, 0.717) is 64.1 Å². The van der Waals surface area contributed by atoms with Crippen LogP contribution in [-0.4, -0.2) is 276 Å². The van der Waals surface area contributed by atoms with Crippen LogP contribution in [0, 0.1) is 17.6 Å². The van der Waals surface area contributed by atoms with Crippen LogP contribution in [0.25, 0.3) is 21.8 Å². The third-order valence-electron chi connectivity index (χ3n) is 25.6. The molecule has 2 aliphatic heterocycles. The first-order chi connectivity index (χ1) is 70.2. The number of carbonyl (C=O) groups excluding carboxylic acids is 14. The molecule has 0 saturated carbocycles. The van der Waals surface area contributed by atoms with Gasteiger partial charge in [0.2, 0.25) is 76.8 Å². The molecule has 4 aromatic carbocycles. The number of nitrogens with zero attached hydrogens (tertiary/aromatic N) is 1. The third-order valence-corrected chi connectivity index (χ3v) is 27.8. The van der Waals surface area contributed by atoms with Crippen LogP contribution in [0.5, 0.6) is 5.75 Å². The second-order valence-electron chi connectivity index (χ2n) is 37.5. The average molecular weight is 2080 g/mol. The summed E-state index contributed by atoms with van der Waals surface area (Å²) >= 11 is 2.78. The first-order valence-corrected chi connectivity index (χ1v) is 53.3. The molecule has 4 heterocycles. The van der Waals surface area contributed by atoms with E-state index < -0.39 is 180 Å². The first kappa shape index (κ1) is 120. The van der Waals surface area contributed by atoms with Crippen LogP contribution >= 0.6 is 23.5 Å². The number of primary amides is 1. The number of rotatable bonds is 52. The van der Waals surface area contributed by atoms with Crippen molar-refractivity contribution in [2.45, 2.75) is 285 Å². The Kier molecular flexibility index (Phi) is 53.3. The highest BCUT2D eigenvalue weighted by molar-refractivity contribution is 7.98. The number of hydrogen-bond acceptors (Lipinski definition) is 24. The molecule has 42 heteroatoms. The number of hydrogen-bond donors (Lipinski definition) is 18. The topological polar surface area (TPSA) is 573 Å². The number of aromatic amines is 2. The molecule has 804 valence electrons. The van der Waals surface area contributed by atoms with E-state index in [1.54, 1.807) is 0 Å². The Balaban J connectivity index is 0.913. The lowest BCUT2D eigenvalue weighted by Crippen LogP contribution is -2.64. The second-order valence-corrected chi connectivity index (χ2v) is 39.6. The van der Waals surface area contributed by atoms with Crippen LogP contribution in [0.2, 0.25) is 0 Å². The van der Waals surface area contributed by atoms with E-state index in [2.05, 4.69) is 75.4 Å². The summed E-state index contributed by atoms with van der Waals surface area (Å²) in [6.45, 7) is 6.42. The molecule has 11 atom stereocenters. The summed E-state index contributed by atoms with van der Waals surface area (Å²) in [5.74, 6) is -13.0. The van der Waals surface area contributed by atoms with Crippen molar-refractivity contribution in [3.8, 4) is 5.75 Å². The lowest BCUT2D eigenvalue weighted by atomic mass is 9.90. The number of nitrogens with two attached hydrogens (primary N) is 2. The molecule has 0 spiro atoms. The molecule has 13 amide bonds. The second kappa shape index (κ2) is 65.1. The number of aliphatic carboxylic acids is 1. The van der Waals surface area contributed by atoms with E-state index in [-0.39, 0.29) is 184 Å². The highest BCUT2D eigenvalue weighted by Crippen LogP contribution is 2.33. The summed E-state index contributed by atoms with van der Waals surface area (Å²) in [5, 5.41) is 62.0. The van der Waals surface area contributed by atoms with E-state index in [1.807, 2.05) is 24.3 Å². The average Bonchev–Trinajstić information content (AvgIpc) is 1.64. The number of carboxylic acids is 1. The summed E-state index contributed by atoms with van der Waals surface area (Å²) < 4.78 is 52.4. The lowest BCUT2D eigenvalue weighted by molar-refractivity contribution is -0.147. The van der Waals surface area contributed by atoms with Gasteiger partial charge < -0.3 is 119 Å². The monoisotopic (exact) mass is 2080 g/mol. The van der Waals surface area contributed by atoms with Crippen molar-refractivity contribution in [2.24, 2.45) is 17.4 Å². The van der Waals surface area contributed by atoms with Crippen LogP contribution in [0.4, 0.5) is 8.78 Å². The smallest absolute Gasteiger partial charge is 0.326 e. The Morgan fingerprint density at radius 3 is 1.70 bits per heavy atom. The number of fused-ring (bicyclic) bond motifs is 5. The van der Waals surface area contributed by atoms with Crippen molar-refractivity contribution < 1.29 is 115 Å². The molecule has 2 aliphatic rings. The molecular formula is C104H150F2N16O22S2. The van der Waals surface area contributed by atoms with Crippen LogP contribution < -0.4 is 70.0 Å². The van der Waals surface area contributed by atoms with Crippen molar-refractivity contribution in [3.63, 3.8) is 0 Å².